The SMILES string of the molecule is COBNCN(C)Cc1ccc(OCc2ccccc2)cc1. The van der Waals surface area contributed by atoms with Gasteiger partial charge in [0.1, 0.15) is 12.4 Å². The molecule has 0 bridgehead atoms. The second-order valence-corrected chi connectivity index (χ2v) is 5.27. The van der Waals surface area contributed by atoms with Gasteiger partial charge in [0.2, 0.25) is 0 Å². The maximum atomic E-state index is 5.79. The summed E-state index contributed by atoms with van der Waals surface area (Å²) in [6, 6.07) is 18.4. The summed E-state index contributed by atoms with van der Waals surface area (Å²) in [5.41, 5.74) is 2.43. The van der Waals surface area contributed by atoms with Crippen molar-refractivity contribution in [3.05, 3.63) is 65.7 Å². The van der Waals surface area contributed by atoms with Crippen LogP contribution in [0.3, 0.4) is 0 Å². The molecule has 116 valence electrons. The van der Waals surface area contributed by atoms with Crippen molar-refractivity contribution in [2.45, 2.75) is 13.2 Å². The largest absolute Gasteiger partial charge is 0.489 e. The zero-order valence-electron chi connectivity index (χ0n) is 13.3. The third-order valence-corrected chi connectivity index (χ3v) is 3.25. The average molecular weight is 298 g/mol. The van der Waals surface area contributed by atoms with Crippen LogP contribution in [-0.4, -0.2) is 33.3 Å². The van der Waals surface area contributed by atoms with Gasteiger partial charge in [0.25, 0.3) is 0 Å². The van der Waals surface area contributed by atoms with E-state index < -0.39 is 0 Å². The molecule has 0 amide bonds. The van der Waals surface area contributed by atoms with Crippen LogP contribution >= 0.6 is 0 Å². The molecule has 2 rings (SSSR count). The third kappa shape index (κ3) is 5.89. The second-order valence-electron chi connectivity index (χ2n) is 5.27. The van der Waals surface area contributed by atoms with E-state index in [1.807, 2.05) is 30.3 Å². The van der Waals surface area contributed by atoms with Crippen molar-refractivity contribution < 1.29 is 9.39 Å². The lowest BCUT2D eigenvalue weighted by Gasteiger charge is -2.17. The fourth-order valence-corrected chi connectivity index (χ4v) is 2.14. The summed E-state index contributed by atoms with van der Waals surface area (Å²) >= 11 is 0. The van der Waals surface area contributed by atoms with Crippen LogP contribution in [-0.2, 0) is 17.8 Å². The van der Waals surface area contributed by atoms with Gasteiger partial charge >= 0.3 is 7.62 Å². The molecule has 2 aromatic carbocycles. The standard InChI is InChI=1S/C17H23BN2O2/c1-20(14-19-18-21-2)12-15-8-10-17(11-9-15)22-13-16-6-4-3-5-7-16/h3-11,18-19H,12-14H2,1-2H3. The number of hydrogen-bond acceptors (Lipinski definition) is 4. The van der Waals surface area contributed by atoms with Gasteiger partial charge in [0.05, 0.1) is 0 Å². The van der Waals surface area contributed by atoms with Crippen LogP contribution in [0.25, 0.3) is 0 Å². The Morgan fingerprint density at radius 2 is 1.73 bits per heavy atom. The lowest BCUT2D eigenvalue weighted by Crippen LogP contribution is -2.33. The maximum Gasteiger partial charge on any atom is 0.361 e. The van der Waals surface area contributed by atoms with E-state index in [1.54, 1.807) is 7.11 Å². The number of benzene rings is 2. The molecule has 0 aliphatic rings. The van der Waals surface area contributed by atoms with Crippen molar-refractivity contribution in [1.29, 1.82) is 0 Å². The van der Waals surface area contributed by atoms with Crippen LogP contribution in [0, 0.1) is 0 Å². The zero-order valence-corrected chi connectivity index (χ0v) is 13.3. The number of nitrogens with zero attached hydrogens (tertiary/aromatic N) is 1. The highest BCUT2D eigenvalue weighted by Crippen LogP contribution is 2.15. The Morgan fingerprint density at radius 1 is 1.00 bits per heavy atom. The molecule has 5 heteroatoms. The van der Waals surface area contributed by atoms with Crippen molar-refractivity contribution in [3.8, 4) is 5.75 Å². The molecular weight excluding hydrogens is 275 g/mol. The number of rotatable bonds is 9. The summed E-state index contributed by atoms with van der Waals surface area (Å²) in [5, 5.41) is 3.18. The summed E-state index contributed by atoms with van der Waals surface area (Å²) in [4.78, 5) is 2.19. The Bertz CT molecular complexity index is 534. The Balaban J connectivity index is 1.77. The van der Waals surface area contributed by atoms with E-state index in [0.717, 1.165) is 19.0 Å². The lowest BCUT2D eigenvalue weighted by molar-refractivity contribution is 0.304. The summed E-state index contributed by atoms with van der Waals surface area (Å²) in [5.74, 6) is 0.896. The van der Waals surface area contributed by atoms with Crippen LogP contribution < -0.4 is 9.96 Å². The van der Waals surface area contributed by atoms with Gasteiger partial charge in [-0.3, -0.25) is 4.90 Å². The van der Waals surface area contributed by atoms with Gasteiger partial charge in [-0.25, -0.2) is 0 Å². The number of nitrogens with one attached hydrogen (secondary N) is 1. The van der Waals surface area contributed by atoms with Crippen LogP contribution in [0.15, 0.2) is 54.6 Å². The summed E-state index contributed by atoms with van der Waals surface area (Å²) in [7, 11) is 4.32. The first-order valence-electron chi connectivity index (χ1n) is 7.42. The van der Waals surface area contributed by atoms with Gasteiger partial charge < -0.3 is 14.6 Å². The van der Waals surface area contributed by atoms with Gasteiger partial charge in [-0.15, -0.1) is 0 Å². The molecule has 4 nitrogen and oxygen atoms in total. The molecule has 0 atom stereocenters. The third-order valence-electron chi connectivity index (χ3n) is 3.25. The van der Waals surface area contributed by atoms with E-state index in [9.17, 15) is 0 Å². The van der Waals surface area contributed by atoms with E-state index in [-0.39, 0.29) is 0 Å². The summed E-state index contributed by atoms with van der Waals surface area (Å²) in [6.07, 6.45) is 0. The number of hydrogen-bond donors (Lipinski definition) is 1. The summed E-state index contributed by atoms with van der Waals surface area (Å²) < 4.78 is 10.8. The molecule has 2 aromatic rings. The van der Waals surface area contributed by atoms with Crippen molar-refractivity contribution in [3.63, 3.8) is 0 Å². The minimum Gasteiger partial charge on any atom is -0.489 e. The fourth-order valence-electron chi connectivity index (χ4n) is 2.14. The Hall–Kier alpha value is -1.82. The molecule has 0 aromatic heterocycles. The molecule has 0 fully saturated rings. The molecule has 22 heavy (non-hydrogen) atoms. The van der Waals surface area contributed by atoms with Gasteiger partial charge in [-0.2, -0.15) is 0 Å². The Morgan fingerprint density at radius 3 is 2.41 bits per heavy atom. The van der Waals surface area contributed by atoms with Crippen LogP contribution in [0.4, 0.5) is 0 Å². The molecule has 0 saturated heterocycles. The minimum atomic E-state index is 0.566. The van der Waals surface area contributed by atoms with Gasteiger partial charge in [-0.1, -0.05) is 42.5 Å². The van der Waals surface area contributed by atoms with E-state index in [1.165, 1.54) is 11.1 Å². The van der Waals surface area contributed by atoms with E-state index in [0.29, 0.717) is 14.2 Å². The topological polar surface area (TPSA) is 33.7 Å². The average Bonchev–Trinajstić information content (AvgIpc) is 2.55. The minimum absolute atomic E-state index is 0.566. The summed E-state index contributed by atoms with van der Waals surface area (Å²) in [6.45, 7) is 2.27. The highest BCUT2D eigenvalue weighted by Gasteiger charge is 2.01. The van der Waals surface area contributed by atoms with E-state index in [2.05, 4.69) is 41.4 Å². The van der Waals surface area contributed by atoms with E-state index in [4.69, 9.17) is 9.39 Å². The molecule has 1 N–H and O–H groups in total. The quantitative estimate of drug-likeness (QED) is 0.437. The first kappa shape index (κ1) is 16.6. The van der Waals surface area contributed by atoms with Crippen molar-refractivity contribution in [2.75, 3.05) is 20.8 Å². The predicted octanol–water partition coefficient (Wildman–Crippen LogP) is 2.16. The Kier molecular flexibility index (Phi) is 6.96. The Labute approximate surface area is 133 Å². The first-order valence-corrected chi connectivity index (χ1v) is 7.42. The molecule has 0 aliphatic carbocycles. The van der Waals surface area contributed by atoms with Crippen molar-refractivity contribution in [2.24, 2.45) is 0 Å². The maximum absolute atomic E-state index is 5.79. The van der Waals surface area contributed by atoms with Crippen LogP contribution in [0.1, 0.15) is 11.1 Å². The van der Waals surface area contributed by atoms with Crippen molar-refractivity contribution >= 4 is 7.62 Å². The van der Waals surface area contributed by atoms with Crippen molar-refractivity contribution in [1.82, 2.24) is 10.1 Å². The number of ether oxygens (including phenoxy) is 1. The molecule has 0 saturated carbocycles. The highest BCUT2D eigenvalue weighted by atomic mass is 16.5. The first-order chi connectivity index (χ1) is 10.8. The monoisotopic (exact) mass is 298 g/mol. The van der Waals surface area contributed by atoms with E-state index >= 15 is 0 Å². The predicted molar refractivity (Wildman–Crippen MR) is 90.8 cm³/mol. The molecule has 0 radical (unpaired) electrons. The molecular formula is C17H23BN2O2. The molecule has 0 heterocycles. The van der Waals surface area contributed by atoms with Crippen LogP contribution in [0.5, 0.6) is 5.75 Å². The fraction of sp³-hybridized carbons (Fsp3) is 0.294. The normalized spacial score (nSPS) is 10.7. The van der Waals surface area contributed by atoms with Gasteiger partial charge in [0.15, 0.2) is 0 Å². The molecule has 0 unspecified atom stereocenters. The van der Waals surface area contributed by atoms with Gasteiger partial charge in [-0.05, 0) is 30.3 Å². The smallest absolute Gasteiger partial charge is 0.361 e. The van der Waals surface area contributed by atoms with Crippen LogP contribution in [0.2, 0.25) is 0 Å². The zero-order chi connectivity index (χ0) is 15.6. The highest BCUT2D eigenvalue weighted by molar-refractivity contribution is 6.23. The lowest BCUT2D eigenvalue weighted by atomic mass is 10.2. The second kappa shape index (κ2) is 9.25. The molecule has 0 spiro atoms. The molecule has 0 aliphatic heterocycles. The van der Waals surface area contributed by atoms with Gasteiger partial charge in [0, 0.05) is 20.3 Å².